The summed E-state index contributed by atoms with van der Waals surface area (Å²) in [6.45, 7) is 3.86. The molecular formula is C23H22N4O3S. The second kappa shape index (κ2) is 8.69. The number of hydrogen-bond acceptors (Lipinski definition) is 5. The third kappa shape index (κ3) is 4.06. The smallest absolute Gasteiger partial charge is 0.300 e. The van der Waals surface area contributed by atoms with Gasteiger partial charge in [-0.05, 0) is 31.0 Å². The highest BCUT2D eigenvalue weighted by molar-refractivity contribution is 7.14. The van der Waals surface area contributed by atoms with Crippen LogP contribution in [0, 0.1) is 0 Å². The molecule has 0 saturated carbocycles. The molecule has 0 bridgehead atoms. The Labute approximate surface area is 182 Å². The number of nitrogens with one attached hydrogen (secondary N) is 1. The largest absolute Gasteiger partial charge is 0.331 e. The molecule has 2 aromatic heterocycles. The Bertz CT molecular complexity index is 1370. The van der Waals surface area contributed by atoms with Crippen molar-refractivity contribution in [2.75, 3.05) is 5.32 Å². The number of benzene rings is 2. The summed E-state index contributed by atoms with van der Waals surface area (Å²) in [6.07, 6.45) is 0.970. The first-order valence-electron chi connectivity index (χ1n) is 10.1. The van der Waals surface area contributed by atoms with E-state index in [0.717, 1.165) is 22.2 Å². The number of aryl methyl sites for hydroxylation is 1. The predicted molar refractivity (Wildman–Crippen MR) is 124 cm³/mol. The van der Waals surface area contributed by atoms with Crippen LogP contribution in [-0.4, -0.2) is 20.0 Å². The summed E-state index contributed by atoms with van der Waals surface area (Å²) in [5.74, 6) is -0.379. The lowest BCUT2D eigenvalue weighted by Gasteiger charge is -2.12. The normalized spacial score (nSPS) is 11.0. The van der Waals surface area contributed by atoms with Crippen molar-refractivity contribution in [1.82, 2.24) is 14.1 Å². The van der Waals surface area contributed by atoms with Crippen molar-refractivity contribution in [3.05, 3.63) is 80.3 Å². The van der Waals surface area contributed by atoms with Crippen molar-refractivity contribution in [1.29, 1.82) is 0 Å². The van der Waals surface area contributed by atoms with Gasteiger partial charge in [-0.2, -0.15) is 0 Å². The summed E-state index contributed by atoms with van der Waals surface area (Å²) in [5.41, 5.74) is 2.60. The lowest BCUT2D eigenvalue weighted by molar-refractivity contribution is -0.116. The predicted octanol–water partition coefficient (Wildman–Crippen LogP) is 3.51. The van der Waals surface area contributed by atoms with Crippen LogP contribution in [0.5, 0.6) is 0 Å². The number of anilines is 1. The van der Waals surface area contributed by atoms with Gasteiger partial charge in [-0.3, -0.25) is 18.7 Å². The van der Waals surface area contributed by atoms with Crippen molar-refractivity contribution >= 4 is 33.3 Å². The molecule has 0 radical (unpaired) electrons. The monoisotopic (exact) mass is 434 g/mol. The van der Waals surface area contributed by atoms with Gasteiger partial charge >= 0.3 is 5.69 Å². The molecule has 7 nitrogen and oxygen atoms in total. The Morgan fingerprint density at radius 2 is 1.77 bits per heavy atom. The lowest BCUT2D eigenvalue weighted by Crippen LogP contribution is -2.41. The Morgan fingerprint density at radius 1 is 1.03 bits per heavy atom. The van der Waals surface area contributed by atoms with Gasteiger partial charge in [0.25, 0.3) is 5.56 Å². The summed E-state index contributed by atoms with van der Waals surface area (Å²) < 4.78 is 2.46. The van der Waals surface area contributed by atoms with Crippen LogP contribution in [0.2, 0.25) is 0 Å². The first-order valence-corrected chi connectivity index (χ1v) is 11.0. The molecule has 0 fully saturated rings. The highest BCUT2D eigenvalue weighted by Gasteiger charge is 2.15. The molecule has 1 N–H and O–H groups in total. The molecule has 158 valence electrons. The molecule has 0 spiro atoms. The van der Waals surface area contributed by atoms with Crippen LogP contribution >= 0.6 is 11.3 Å². The third-order valence-electron chi connectivity index (χ3n) is 5.16. The zero-order chi connectivity index (χ0) is 22.0. The topological polar surface area (TPSA) is 86.0 Å². The molecule has 0 unspecified atom stereocenters. The molecular weight excluding hydrogens is 412 g/mol. The fourth-order valence-corrected chi connectivity index (χ4v) is 4.22. The maximum absolute atomic E-state index is 12.8. The van der Waals surface area contributed by atoms with E-state index in [1.54, 1.807) is 31.2 Å². The standard InChI is InChI=1S/C23H22N4O3S/c1-3-15-9-11-16(12-10-15)18-14-31-22(24-18)25-20(28)13-27-19-8-6-5-7-17(19)21(29)26(4-2)23(27)30/h5-12,14H,3-4,13H2,1-2H3,(H,24,25,28). The summed E-state index contributed by atoms with van der Waals surface area (Å²) in [7, 11) is 0. The average molecular weight is 435 g/mol. The minimum absolute atomic E-state index is 0.209. The second-order valence-electron chi connectivity index (χ2n) is 7.07. The highest BCUT2D eigenvalue weighted by atomic mass is 32.1. The van der Waals surface area contributed by atoms with Gasteiger partial charge in [-0.15, -0.1) is 11.3 Å². The Hall–Kier alpha value is -3.52. The van der Waals surface area contributed by atoms with Crippen LogP contribution in [0.15, 0.2) is 63.5 Å². The van der Waals surface area contributed by atoms with Crippen LogP contribution in [0.25, 0.3) is 22.2 Å². The minimum atomic E-state index is -0.503. The number of carbonyl (C=O) groups excluding carboxylic acids is 1. The Kier molecular flexibility index (Phi) is 5.81. The van der Waals surface area contributed by atoms with E-state index >= 15 is 0 Å². The Morgan fingerprint density at radius 3 is 2.48 bits per heavy atom. The van der Waals surface area contributed by atoms with Gasteiger partial charge in [0.05, 0.1) is 16.6 Å². The molecule has 2 heterocycles. The van der Waals surface area contributed by atoms with Crippen LogP contribution in [0.4, 0.5) is 5.13 Å². The van der Waals surface area contributed by atoms with E-state index in [1.165, 1.54) is 21.5 Å². The van der Waals surface area contributed by atoms with Gasteiger partial charge in [-0.1, -0.05) is 43.3 Å². The summed E-state index contributed by atoms with van der Waals surface area (Å²) >= 11 is 1.33. The molecule has 0 aliphatic heterocycles. The highest BCUT2D eigenvalue weighted by Crippen LogP contribution is 2.25. The fraction of sp³-hybridized carbons (Fsp3) is 0.217. The van der Waals surface area contributed by atoms with Crippen LogP contribution in [0.1, 0.15) is 19.4 Å². The van der Waals surface area contributed by atoms with Crippen molar-refractivity contribution in [3.63, 3.8) is 0 Å². The molecule has 4 aromatic rings. The van der Waals surface area contributed by atoms with E-state index in [1.807, 2.05) is 17.5 Å². The van der Waals surface area contributed by atoms with E-state index in [4.69, 9.17) is 0 Å². The van der Waals surface area contributed by atoms with Gasteiger partial charge in [0.2, 0.25) is 5.91 Å². The fourth-order valence-electron chi connectivity index (χ4n) is 3.48. The van der Waals surface area contributed by atoms with Gasteiger partial charge < -0.3 is 5.32 Å². The number of aromatic nitrogens is 3. The molecule has 2 aromatic carbocycles. The summed E-state index contributed by atoms with van der Waals surface area (Å²) in [6, 6.07) is 15.0. The van der Waals surface area contributed by atoms with Crippen molar-refractivity contribution in [2.45, 2.75) is 33.4 Å². The zero-order valence-corrected chi connectivity index (χ0v) is 18.1. The molecule has 0 saturated heterocycles. The number of hydrogen-bond donors (Lipinski definition) is 1. The number of rotatable bonds is 6. The van der Waals surface area contributed by atoms with Gasteiger partial charge in [-0.25, -0.2) is 9.78 Å². The quantitative estimate of drug-likeness (QED) is 0.503. The van der Waals surface area contributed by atoms with Crippen molar-refractivity contribution in [2.24, 2.45) is 0 Å². The zero-order valence-electron chi connectivity index (χ0n) is 17.3. The first kappa shape index (κ1) is 20.7. The lowest BCUT2D eigenvalue weighted by atomic mass is 10.1. The Balaban J connectivity index is 1.59. The molecule has 0 aliphatic rings. The summed E-state index contributed by atoms with van der Waals surface area (Å²) in [5, 5.41) is 5.52. The van der Waals surface area contributed by atoms with Gasteiger partial charge in [0, 0.05) is 17.5 Å². The molecule has 8 heteroatoms. The van der Waals surface area contributed by atoms with Crippen molar-refractivity contribution in [3.8, 4) is 11.3 Å². The molecule has 0 aliphatic carbocycles. The van der Waals surface area contributed by atoms with E-state index < -0.39 is 5.69 Å². The number of thiazole rings is 1. The van der Waals surface area contributed by atoms with Crippen molar-refractivity contribution < 1.29 is 4.79 Å². The molecule has 1 amide bonds. The molecule has 0 atom stereocenters. The number of amides is 1. The van der Waals surface area contributed by atoms with Crippen LogP contribution in [0.3, 0.4) is 0 Å². The maximum atomic E-state index is 12.8. The molecule has 31 heavy (non-hydrogen) atoms. The van der Waals surface area contributed by atoms with Crippen LogP contribution < -0.4 is 16.6 Å². The number of para-hydroxylation sites is 1. The number of nitrogens with zero attached hydrogens (tertiary/aromatic N) is 3. The second-order valence-corrected chi connectivity index (χ2v) is 7.93. The van der Waals surface area contributed by atoms with Gasteiger partial charge in [0.1, 0.15) is 6.54 Å². The SMILES string of the molecule is CCc1ccc(-c2csc(NC(=O)Cn3c(=O)n(CC)c(=O)c4ccccc43)n2)cc1. The number of fused-ring (bicyclic) bond motifs is 1. The van der Waals surface area contributed by atoms with Crippen LogP contribution in [-0.2, 0) is 24.3 Å². The average Bonchev–Trinajstić information content (AvgIpc) is 3.25. The first-order chi connectivity index (χ1) is 15.0. The van der Waals surface area contributed by atoms with E-state index in [9.17, 15) is 14.4 Å². The number of carbonyl (C=O) groups is 1. The third-order valence-corrected chi connectivity index (χ3v) is 5.92. The van der Waals surface area contributed by atoms with E-state index in [0.29, 0.717) is 16.0 Å². The summed E-state index contributed by atoms with van der Waals surface area (Å²) in [4.78, 5) is 42.5. The molecule has 4 rings (SSSR count). The van der Waals surface area contributed by atoms with E-state index in [-0.39, 0.29) is 24.6 Å². The van der Waals surface area contributed by atoms with Gasteiger partial charge in [0.15, 0.2) is 5.13 Å². The maximum Gasteiger partial charge on any atom is 0.331 e. The minimum Gasteiger partial charge on any atom is -0.300 e. The van der Waals surface area contributed by atoms with E-state index in [2.05, 4.69) is 29.4 Å².